The quantitative estimate of drug-likeness (QED) is 0.772. The van der Waals surface area contributed by atoms with E-state index in [-0.39, 0.29) is 6.10 Å². The number of pyridine rings is 1. The molecule has 1 atom stereocenters. The fourth-order valence-electron chi connectivity index (χ4n) is 1.42. The van der Waals surface area contributed by atoms with Crippen LogP contribution in [-0.4, -0.2) is 37.3 Å². The standard InChI is InChI=1S/C11H14N2O3/c1-15-11(14)9-3-2-4-10(13-9)12-7-8-5-6-16-8/h2-4,8H,5-7H2,1H3,(H,12,13). The second-order valence-corrected chi connectivity index (χ2v) is 3.56. The molecule has 1 aliphatic rings. The molecule has 2 heterocycles. The van der Waals surface area contributed by atoms with Gasteiger partial charge in [0.05, 0.1) is 13.2 Å². The highest BCUT2D eigenvalue weighted by molar-refractivity contribution is 5.87. The Bertz CT molecular complexity index is 377. The zero-order valence-corrected chi connectivity index (χ0v) is 9.10. The lowest BCUT2D eigenvalue weighted by atomic mass is 10.2. The molecule has 1 aromatic heterocycles. The van der Waals surface area contributed by atoms with E-state index in [0.29, 0.717) is 11.5 Å². The van der Waals surface area contributed by atoms with E-state index in [1.54, 1.807) is 12.1 Å². The maximum Gasteiger partial charge on any atom is 0.356 e. The SMILES string of the molecule is COC(=O)c1cccc(NCC2CCO2)n1. The number of carbonyl (C=O) groups excluding carboxylic acids is 1. The molecule has 0 radical (unpaired) electrons. The van der Waals surface area contributed by atoms with Crippen LogP contribution in [0.3, 0.4) is 0 Å². The maximum absolute atomic E-state index is 11.2. The number of ether oxygens (including phenoxy) is 2. The lowest BCUT2D eigenvalue weighted by Crippen LogP contribution is -2.33. The van der Waals surface area contributed by atoms with Crippen molar-refractivity contribution in [2.24, 2.45) is 0 Å². The van der Waals surface area contributed by atoms with Gasteiger partial charge in [0.25, 0.3) is 0 Å². The van der Waals surface area contributed by atoms with Crippen molar-refractivity contribution in [1.29, 1.82) is 0 Å². The van der Waals surface area contributed by atoms with Crippen molar-refractivity contribution in [3.63, 3.8) is 0 Å². The number of esters is 1. The Morgan fingerprint density at radius 1 is 1.69 bits per heavy atom. The molecule has 0 aromatic carbocycles. The van der Waals surface area contributed by atoms with Gasteiger partial charge in [-0.1, -0.05) is 6.07 Å². The van der Waals surface area contributed by atoms with Crippen molar-refractivity contribution in [3.8, 4) is 0 Å². The summed E-state index contributed by atoms with van der Waals surface area (Å²) in [7, 11) is 1.34. The number of hydrogen-bond acceptors (Lipinski definition) is 5. The number of aromatic nitrogens is 1. The smallest absolute Gasteiger partial charge is 0.356 e. The zero-order valence-electron chi connectivity index (χ0n) is 9.10. The largest absolute Gasteiger partial charge is 0.464 e. The molecule has 0 aliphatic carbocycles. The van der Waals surface area contributed by atoms with Gasteiger partial charge >= 0.3 is 5.97 Å². The van der Waals surface area contributed by atoms with Gasteiger partial charge in [-0.15, -0.1) is 0 Å². The predicted molar refractivity (Wildman–Crippen MR) is 58.4 cm³/mol. The van der Waals surface area contributed by atoms with E-state index >= 15 is 0 Å². The van der Waals surface area contributed by atoms with Crippen molar-refractivity contribution in [2.45, 2.75) is 12.5 Å². The summed E-state index contributed by atoms with van der Waals surface area (Å²) in [5.41, 5.74) is 0.307. The summed E-state index contributed by atoms with van der Waals surface area (Å²) in [5, 5.41) is 3.12. The molecule has 16 heavy (non-hydrogen) atoms. The topological polar surface area (TPSA) is 60.5 Å². The third-order valence-corrected chi connectivity index (χ3v) is 2.45. The van der Waals surface area contributed by atoms with Crippen LogP contribution >= 0.6 is 0 Å². The molecule has 0 spiro atoms. The van der Waals surface area contributed by atoms with Crippen LogP contribution in [0.25, 0.3) is 0 Å². The molecule has 1 aliphatic heterocycles. The van der Waals surface area contributed by atoms with Gasteiger partial charge in [-0.05, 0) is 18.6 Å². The van der Waals surface area contributed by atoms with E-state index in [4.69, 9.17) is 4.74 Å². The van der Waals surface area contributed by atoms with Gasteiger partial charge in [0, 0.05) is 13.2 Å². The van der Waals surface area contributed by atoms with E-state index in [2.05, 4.69) is 15.0 Å². The highest BCUT2D eigenvalue weighted by Gasteiger charge is 2.17. The van der Waals surface area contributed by atoms with Crippen LogP contribution < -0.4 is 5.32 Å². The number of carbonyl (C=O) groups is 1. The molecule has 5 heteroatoms. The average Bonchev–Trinajstić information content (AvgIpc) is 2.26. The lowest BCUT2D eigenvalue weighted by Gasteiger charge is -2.26. The van der Waals surface area contributed by atoms with E-state index in [1.807, 2.05) is 6.07 Å². The summed E-state index contributed by atoms with van der Waals surface area (Å²) in [6.07, 6.45) is 1.34. The molecule has 1 saturated heterocycles. The molecule has 1 N–H and O–H groups in total. The lowest BCUT2D eigenvalue weighted by molar-refractivity contribution is -0.0410. The summed E-state index contributed by atoms with van der Waals surface area (Å²) in [4.78, 5) is 15.4. The fourth-order valence-corrected chi connectivity index (χ4v) is 1.42. The van der Waals surface area contributed by atoms with Gasteiger partial charge in [0.2, 0.25) is 0 Å². The van der Waals surface area contributed by atoms with Gasteiger partial charge in [-0.3, -0.25) is 0 Å². The van der Waals surface area contributed by atoms with Crippen LogP contribution in [0.5, 0.6) is 0 Å². The van der Waals surface area contributed by atoms with Crippen molar-refractivity contribution < 1.29 is 14.3 Å². The summed E-state index contributed by atoms with van der Waals surface area (Å²) in [6.45, 7) is 1.56. The monoisotopic (exact) mass is 222 g/mol. The van der Waals surface area contributed by atoms with Crippen LogP contribution in [0.1, 0.15) is 16.9 Å². The molecular weight excluding hydrogens is 208 g/mol. The normalized spacial score (nSPS) is 18.7. The molecule has 2 rings (SSSR count). The predicted octanol–water partition coefficient (Wildman–Crippen LogP) is 1.07. The molecule has 0 amide bonds. The van der Waals surface area contributed by atoms with Crippen LogP contribution in [0, 0.1) is 0 Å². The molecular formula is C11H14N2O3. The fraction of sp³-hybridized carbons (Fsp3) is 0.455. The Hall–Kier alpha value is -1.62. The van der Waals surface area contributed by atoms with Gasteiger partial charge < -0.3 is 14.8 Å². The number of hydrogen-bond donors (Lipinski definition) is 1. The van der Waals surface area contributed by atoms with E-state index < -0.39 is 5.97 Å². The van der Waals surface area contributed by atoms with E-state index in [0.717, 1.165) is 19.6 Å². The molecule has 1 unspecified atom stereocenters. The van der Waals surface area contributed by atoms with Gasteiger partial charge in [-0.2, -0.15) is 0 Å². The van der Waals surface area contributed by atoms with Crippen LogP contribution in [-0.2, 0) is 9.47 Å². The third-order valence-electron chi connectivity index (χ3n) is 2.45. The third kappa shape index (κ3) is 2.49. The number of anilines is 1. The molecule has 86 valence electrons. The molecule has 0 bridgehead atoms. The number of nitrogens with zero attached hydrogens (tertiary/aromatic N) is 1. The second-order valence-electron chi connectivity index (χ2n) is 3.56. The maximum atomic E-state index is 11.2. The first-order valence-electron chi connectivity index (χ1n) is 5.20. The Balaban J connectivity index is 1.95. The first-order chi connectivity index (χ1) is 7.79. The van der Waals surface area contributed by atoms with Crippen molar-refractivity contribution in [1.82, 2.24) is 4.98 Å². The van der Waals surface area contributed by atoms with Crippen molar-refractivity contribution >= 4 is 11.8 Å². The average molecular weight is 222 g/mol. The first kappa shape index (κ1) is 10.9. The second kappa shape index (κ2) is 4.94. The summed E-state index contributed by atoms with van der Waals surface area (Å²) in [6, 6.07) is 5.20. The minimum Gasteiger partial charge on any atom is -0.464 e. The zero-order chi connectivity index (χ0) is 11.4. The summed E-state index contributed by atoms with van der Waals surface area (Å²) >= 11 is 0. The Morgan fingerprint density at radius 2 is 2.50 bits per heavy atom. The van der Waals surface area contributed by atoms with Crippen molar-refractivity contribution in [2.75, 3.05) is 25.6 Å². The number of nitrogens with one attached hydrogen (secondary N) is 1. The van der Waals surface area contributed by atoms with Crippen molar-refractivity contribution in [3.05, 3.63) is 23.9 Å². The highest BCUT2D eigenvalue weighted by Crippen LogP contribution is 2.12. The minimum atomic E-state index is -0.427. The summed E-state index contributed by atoms with van der Waals surface area (Å²) in [5.74, 6) is 0.238. The van der Waals surface area contributed by atoms with Crippen LogP contribution in [0.15, 0.2) is 18.2 Å². The van der Waals surface area contributed by atoms with Crippen LogP contribution in [0.2, 0.25) is 0 Å². The number of methoxy groups -OCH3 is 1. The van der Waals surface area contributed by atoms with Gasteiger partial charge in [0.15, 0.2) is 5.69 Å². The Labute approximate surface area is 93.8 Å². The minimum absolute atomic E-state index is 0.267. The first-order valence-corrected chi connectivity index (χ1v) is 5.20. The molecule has 0 saturated carbocycles. The summed E-state index contributed by atoms with van der Waals surface area (Å²) < 4.78 is 9.86. The highest BCUT2D eigenvalue weighted by atomic mass is 16.5. The Morgan fingerprint density at radius 3 is 3.12 bits per heavy atom. The molecule has 5 nitrogen and oxygen atoms in total. The van der Waals surface area contributed by atoms with Crippen LogP contribution in [0.4, 0.5) is 5.82 Å². The molecule has 1 fully saturated rings. The van der Waals surface area contributed by atoms with Gasteiger partial charge in [0.1, 0.15) is 5.82 Å². The van der Waals surface area contributed by atoms with E-state index in [1.165, 1.54) is 7.11 Å². The number of rotatable bonds is 4. The van der Waals surface area contributed by atoms with E-state index in [9.17, 15) is 4.79 Å². The van der Waals surface area contributed by atoms with Gasteiger partial charge in [-0.25, -0.2) is 9.78 Å². The molecule has 1 aromatic rings. The Kier molecular flexibility index (Phi) is 3.36.